The van der Waals surface area contributed by atoms with E-state index >= 15 is 0 Å². The van der Waals surface area contributed by atoms with Crippen LogP contribution in [0.5, 0.6) is 17.2 Å². The number of benzene rings is 6. The Morgan fingerprint density at radius 2 is 0.800 bits per heavy atom. The summed E-state index contributed by atoms with van der Waals surface area (Å²) in [5.41, 5.74) is 11.6. The van der Waals surface area contributed by atoms with Crippen molar-refractivity contribution in [2.75, 3.05) is 31.1 Å². The van der Waals surface area contributed by atoms with Crippen molar-refractivity contribution >= 4 is 47.8 Å². The van der Waals surface area contributed by atoms with Gasteiger partial charge in [-0.1, -0.05) is 109 Å². The maximum absolute atomic E-state index is 5.30. The van der Waals surface area contributed by atoms with Gasteiger partial charge in [0.2, 0.25) is 0 Å². The van der Waals surface area contributed by atoms with E-state index in [1.165, 1.54) is 66.2 Å². The summed E-state index contributed by atoms with van der Waals surface area (Å²) in [6.07, 6.45) is 5.42. The van der Waals surface area contributed by atoms with Gasteiger partial charge < -0.3 is 48.8 Å². The monoisotopic (exact) mass is 968 g/mol. The Kier molecular flexibility index (Phi) is 21.8. The van der Waals surface area contributed by atoms with E-state index in [1.807, 2.05) is 42.5 Å². The minimum atomic E-state index is -0.665. The van der Waals surface area contributed by atoms with E-state index in [0.29, 0.717) is 0 Å². The van der Waals surface area contributed by atoms with E-state index in [-0.39, 0.29) is 49.8 Å². The summed E-state index contributed by atoms with van der Waals surface area (Å²) in [6, 6.07) is 44.3. The van der Waals surface area contributed by atoms with E-state index in [1.54, 1.807) is 21.3 Å². The van der Waals surface area contributed by atoms with Gasteiger partial charge in [0, 0.05) is 23.8 Å². The van der Waals surface area contributed by atoms with Crippen LogP contribution < -0.4 is 64.7 Å². The molecule has 10 heteroatoms. The Hall–Kier alpha value is -3.96. The third kappa shape index (κ3) is 13.3. The van der Waals surface area contributed by atoms with Crippen molar-refractivity contribution in [1.82, 2.24) is 0 Å². The van der Waals surface area contributed by atoms with Crippen LogP contribution in [0, 0.1) is 41.5 Å². The summed E-state index contributed by atoms with van der Waals surface area (Å²) in [7, 11) is 4.39. The molecule has 0 fully saturated rings. The number of ether oxygens (including phenoxy) is 3. The minimum absolute atomic E-state index is 0. The SMILES string of the molecule is CCc1ccccc1.COc1ccc(P(c2ccc(OC)cc2)c2ccc(OC)cc2)cc1.Cc1cc(C)c(N2C=CN(c3c(C)cc(C)cc3C)C2S)c(C)c1.[Cl-].[Cl-].[Ru+6]. The molecule has 0 aromatic heterocycles. The standard InChI is InChI=1S/C21H26N2S.C21H21O3P.C8H10.2ClH.Ru/c1-13-9-15(3)19(16(4)10-13)22-7-8-23(21(22)24)20-17(5)11-14(2)12-18(20)6;1-22-16-4-10-19(11-5-16)25(20-12-6-17(23-2)7-13-20)21-14-8-18(24-3)9-15-21;1-2-8-6-4-3-5-7-8;;;/h7-12,21,24H,1-6H3;4-15H,1-3H3;3-7H,2H2,1H3;2*1H;/q;;;;;+6/p-2. The molecular formula is C50H57Cl2N2O3PRuS+4. The van der Waals surface area contributed by atoms with Crippen LogP contribution in [0.2, 0.25) is 0 Å². The number of thiol groups is 1. The number of anilines is 2. The molecule has 1 aliphatic rings. The van der Waals surface area contributed by atoms with Crippen molar-refractivity contribution < 1.29 is 58.5 Å². The zero-order chi connectivity index (χ0) is 41.1. The summed E-state index contributed by atoms with van der Waals surface area (Å²) in [4.78, 5) is 4.51. The summed E-state index contributed by atoms with van der Waals surface area (Å²) in [6.45, 7) is 15.2. The molecule has 0 radical (unpaired) electrons. The summed E-state index contributed by atoms with van der Waals surface area (Å²) >= 11 is 4.94. The van der Waals surface area contributed by atoms with Gasteiger partial charge in [0.25, 0.3) is 0 Å². The van der Waals surface area contributed by atoms with Gasteiger partial charge in [-0.05, 0) is 136 Å². The van der Waals surface area contributed by atoms with Gasteiger partial charge in [0.1, 0.15) is 17.2 Å². The van der Waals surface area contributed by atoms with Gasteiger partial charge in [0.15, 0.2) is 5.50 Å². The number of hydrogen-bond acceptors (Lipinski definition) is 6. The molecule has 0 saturated carbocycles. The molecule has 0 atom stereocenters. The zero-order valence-corrected chi connectivity index (χ0v) is 41.2. The van der Waals surface area contributed by atoms with Crippen LogP contribution in [-0.4, -0.2) is 26.8 Å². The molecule has 6 aromatic carbocycles. The number of methoxy groups -OCH3 is 3. The topological polar surface area (TPSA) is 34.2 Å². The van der Waals surface area contributed by atoms with Crippen LogP contribution in [-0.2, 0) is 25.9 Å². The summed E-state index contributed by atoms with van der Waals surface area (Å²) in [5.74, 6) is 2.59. The fourth-order valence-electron chi connectivity index (χ4n) is 7.33. The summed E-state index contributed by atoms with van der Waals surface area (Å²) in [5, 5.41) is 3.81. The predicted octanol–water partition coefficient (Wildman–Crippen LogP) is 5.27. The molecule has 314 valence electrons. The number of rotatable bonds is 9. The quantitative estimate of drug-likeness (QED) is 0.122. The summed E-state index contributed by atoms with van der Waals surface area (Å²) < 4.78 is 15.9. The van der Waals surface area contributed by atoms with Crippen LogP contribution >= 0.6 is 20.6 Å². The molecule has 0 N–H and O–H groups in total. The van der Waals surface area contributed by atoms with Crippen molar-refractivity contribution in [2.24, 2.45) is 0 Å². The van der Waals surface area contributed by atoms with Gasteiger partial charge in [0.05, 0.1) is 21.3 Å². The number of nitrogens with zero attached hydrogens (tertiary/aromatic N) is 2. The largest absolute Gasteiger partial charge is 6.00 e. The number of halogens is 2. The first-order valence-electron chi connectivity index (χ1n) is 19.3. The van der Waals surface area contributed by atoms with Crippen molar-refractivity contribution in [3.63, 3.8) is 0 Å². The molecule has 60 heavy (non-hydrogen) atoms. The van der Waals surface area contributed by atoms with Gasteiger partial charge >= 0.3 is 19.5 Å². The molecule has 1 heterocycles. The fourth-order valence-corrected chi connectivity index (χ4v) is 9.95. The molecule has 0 bridgehead atoms. The molecule has 0 aliphatic carbocycles. The second-order valence-electron chi connectivity index (χ2n) is 14.2. The van der Waals surface area contributed by atoms with Crippen molar-refractivity contribution in [2.45, 2.75) is 60.4 Å². The Morgan fingerprint density at radius 3 is 1.05 bits per heavy atom. The normalized spacial score (nSPS) is 11.5. The minimum Gasteiger partial charge on any atom is -1.00 e. The van der Waals surface area contributed by atoms with Crippen LogP contribution in [0.3, 0.4) is 0 Å². The van der Waals surface area contributed by atoms with Gasteiger partial charge in [-0.15, -0.1) is 12.6 Å². The second-order valence-corrected chi connectivity index (χ2v) is 16.9. The molecule has 0 unspecified atom stereocenters. The first-order chi connectivity index (χ1) is 27.5. The second kappa shape index (κ2) is 25.1. The first kappa shape index (κ1) is 52.2. The number of hydrogen-bond donors (Lipinski definition) is 1. The van der Waals surface area contributed by atoms with E-state index in [2.05, 4.69) is 156 Å². The molecule has 7 rings (SSSR count). The van der Waals surface area contributed by atoms with Crippen LogP contribution in [0.25, 0.3) is 0 Å². The Labute approximate surface area is 391 Å². The molecule has 6 aromatic rings. The van der Waals surface area contributed by atoms with E-state index in [0.717, 1.165) is 23.7 Å². The number of aryl methyl sites for hydroxylation is 7. The van der Waals surface area contributed by atoms with Gasteiger partial charge in [-0.3, -0.25) is 0 Å². The average Bonchev–Trinajstić information content (AvgIpc) is 3.58. The molecular weight excluding hydrogens is 912 g/mol. The van der Waals surface area contributed by atoms with Gasteiger partial charge in [-0.2, -0.15) is 0 Å². The van der Waals surface area contributed by atoms with Crippen LogP contribution in [0.4, 0.5) is 11.4 Å². The molecule has 1 aliphatic heterocycles. The fraction of sp³-hybridized carbons (Fsp3) is 0.240. The van der Waals surface area contributed by atoms with Crippen LogP contribution in [0.1, 0.15) is 45.9 Å². The predicted molar refractivity (Wildman–Crippen MR) is 249 cm³/mol. The average molecular weight is 969 g/mol. The molecule has 0 amide bonds. The maximum atomic E-state index is 5.30. The zero-order valence-electron chi connectivity index (χ0n) is 36.2. The first-order valence-corrected chi connectivity index (χ1v) is 21.2. The van der Waals surface area contributed by atoms with Gasteiger partial charge in [-0.25, -0.2) is 0 Å². The molecule has 0 saturated heterocycles. The van der Waals surface area contributed by atoms with Crippen LogP contribution in [0.15, 0.2) is 140 Å². The Balaban J connectivity index is 0.000000335. The maximum Gasteiger partial charge on any atom is 6.00 e. The van der Waals surface area contributed by atoms with E-state index in [9.17, 15) is 0 Å². The Morgan fingerprint density at radius 1 is 0.500 bits per heavy atom. The van der Waals surface area contributed by atoms with Crippen molar-refractivity contribution in [3.05, 3.63) is 179 Å². The Bertz CT molecular complexity index is 2020. The molecule has 5 nitrogen and oxygen atoms in total. The van der Waals surface area contributed by atoms with E-state index < -0.39 is 7.92 Å². The van der Waals surface area contributed by atoms with E-state index in [4.69, 9.17) is 26.8 Å². The molecule has 0 spiro atoms. The third-order valence-corrected chi connectivity index (χ3v) is 12.9. The van der Waals surface area contributed by atoms with Crippen molar-refractivity contribution in [1.29, 1.82) is 0 Å². The third-order valence-electron chi connectivity index (χ3n) is 9.92. The smallest absolute Gasteiger partial charge is 1.00 e. The van der Waals surface area contributed by atoms with Crippen molar-refractivity contribution in [3.8, 4) is 17.2 Å².